The second kappa shape index (κ2) is 6.91. The van der Waals surface area contributed by atoms with Crippen LogP contribution in [0, 0.1) is 10.1 Å². The number of likely N-dealkylation sites (N-methyl/N-ethyl adjacent to an activating group) is 1. The van der Waals surface area contributed by atoms with Gasteiger partial charge in [0.1, 0.15) is 6.17 Å². The summed E-state index contributed by atoms with van der Waals surface area (Å²) in [4.78, 5) is 24.7. The fraction of sp³-hybridized carbons (Fsp3) is 0.533. The highest BCUT2D eigenvalue weighted by atomic mass is 16.6. The maximum atomic E-state index is 12.3. The van der Waals surface area contributed by atoms with Gasteiger partial charge in [-0.05, 0) is 32.1 Å². The smallest absolute Gasteiger partial charge is 0.339 e. The number of carbonyl (C=O) groups is 1. The predicted molar refractivity (Wildman–Crippen MR) is 87.6 cm³/mol. The van der Waals surface area contributed by atoms with E-state index in [0.717, 1.165) is 0 Å². The van der Waals surface area contributed by atoms with Crippen LogP contribution in [0.3, 0.4) is 0 Å². The first-order valence-corrected chi connectivity index (χ1v) is 7.68. The van der Waals surface area contributed by atoms with Crippen LogP contribution in [0.5, 0.6) is 0 Å². The molecule has 24 heavy (non-hydrogen) atoms. The molecule has 0 N–H and O–H groups in total. The molecule has 1 heterocycles. The van der Waals surface area contributed by atoms with Crippen molar-refractivity contribution >= 4 is 17.3 Å². The number of nitrogens with zero attached hydrogens (tertiary/aromatic N) is 5. The molecule has 0 fully saturated rings. The monoisotopic (exact) mass is 335 g/mol. The van der Waals surface area contributed by atoms with Crippen LogP contribution in [-0.2, 0) is 9.53 Å². The van der Waals surface area contributed by atoms with E-state index in [-0.39, 0.29) is 5.69 Å². The number of ether oxygens (including phenoxy) is 1. The van der Waals surface area contributed by atoms with E-state index in [2.05, 4.69) is 10.3 Å². The predicted octanol–water partition coefficient (Wildman–Crippen LogP) is 2.38. The summed E-state index contributed by atoms with van der Waals surface area (Å²) in [7, 11) is 1.32. The van der Waals surface area contributed by atoms with E-state index in [4.69, 9.17) is 4.74 Å². The highest BCUT2D eigenvalue weighted by Crippen LogP contribution is 2.36. The SMILES string of the molecule is CCN(CC)C1N(c2ccc([N+](=O)[O-])cc2)N=NC1(C)C(=O)OC. The van der Waals surface area contributed by atoms with Crippen LogP contribution >= 0.6 is 0 Å². The number of esters is 1. The van der Waals surface area contributed by atoms with E-state index in [0.29, 0.717) is 18.8 Å². The zero-order chi connectivity index (χ0) is 17.9. The number of methoxy groups -OCH3 is 1. The fourth-order valence-electron chi connectivity index (χ4n) is 2.83. The summed E-state index contributed by atoms with van der Waals surface area (Å²) in [5.41, 5.74) is -0.568. The molecule has 1 aliphatic heterocycles. The van der Waals surface area contributed by atoms with E-state index in [1.54, 1.807) is 24.1 Å². The lowest BCUT2D eigenvalue weighted by Crippen LogP contribution is -2.58. The summed E-state index contributed by atoms with van der Waals surface area (Å²) in [5.74, 6) is -0.479. The van der Waals surface area contributed by atoms with Gasteiger partial charge in [-0.15, -0.1) is 5.11 Å². The molecule has 9 nitrogen and oxygen atoms in total. The lowest BCUT2D eigenvalue weighted by Gasteiger charge is -2.38. The second-order valence-corrected chi connectivity index (χ2v) is 5.54. The van der Waals surface area contributed by atoms with E-state index in [1.165, 1.54) is 19.2 Å². The van der Waals surface area contributed by atoms with Crippen LogP contribution in [0.2, 0.25) is 0 Å². The molecule has 1 aliphatic rings. The molecule has 130 valence electrons. The summed E-state index contributed by atoms with van der Waals surface area (Å²) in [5, 5.41) is 20.7. The Bertz CT molecular complexity index is 644. The average molecular weight is 335 g/mol. The summed E-state index contributed by atoms with van der Waals surface area (Å²) < 4.78 is 4.91. The van der Waals surface area contributed by atoms with Crippen LogP contribution in [0.15, 0.2) is 34.6 Å². The standard InChI is InChI=1S/C15H21N5O4/c1-5-18(6-2)13-15(3,14(21)24-4)16-17-19(13)11-7-9-12(10-8-11)20(22)23/h7-10,13H,5-6H2,1-4H3. The van der Waals surface area contributed by atoms with Crippen molar-refractivity contribution in [1.82, 2.24) is 4.90 Å². The molecule has 0 spiro atoms. The number of non-ortho nitro benzene ring substituents is 1. The third-order valence-electron chi connectivity index (χ3n) is 4.17. The normalized spacial score (nSPS) is 22.9. The minimum Gasteiger partial charge on any atom is -0.467 e. The van der Waals surface area contributed by atoms with Gasteiger partial charge in [0, 0.05) is 12.1 Å². The largest absolute Gasteiger partial charge is 0.467 e. The van der Waals surface area contributed by atoms with E-state index in [1.807, 2.05) is 18.7 Å². The number of carbonyl (C=O) groups excluding carboxylic acids is 1. The quantitative estimate of drug-likeness (QED) is 0.449. The molecule has 2 unspecified atom stereocenters. The van der Waals surface area contributed by atoms with Crippen molar-refractivity contribution in [2.24, 2.45) is 10.3 Å². The zero-order valence-electron chi connectivity index (χ0n) is 14.2. The van der Waals surface area contributed by atoms with Gasteiger partial charge in [0.25, 0.3) is 5.69 Å². The summed E-state index contributed by atoms with van der Waals surface area (Å²) >= 11 is 0. The van der Waals surface area contributed by atoms with Gasteiger partial charge < -0.3 is 4.74 Å². The van der Waals surface area contributed by atoms with Gasteiger partial charge >= 0.3 is 5.97 Å². The summed E-state index contributed by atoms with van der Waals surface area (Å²) in [6.45, 7) is 7.00. The Morgan fingerprint density at radius 2 is 1.96 bits per heavy atom. The zero-order valence-corrected chi connectivity index (χ0v) is 14.2. The first-order valence-electron chi connectivity index (χ1n) is 7.68. The first-order chi connectivity index (χ1) is 11.4. The second-order valence-electron chi connectivity index (χ2n) is 5.54. The van der Waals surface area contributed by atoms with Crippen LogP contribution in [0.4, 0.5) is 11.4 Å². The van der Waals surface area contributed by atoms with E-state index in [9.17, 15) is 14.9 Å². The number of nitro benzene ring substituents is 1. The van der Waals surface area contributed by atoms with Crippen molar-refractivity contribution in [3.8, 4) is 0 Å². The molecular formula is C15H21N5O4. The van der Waals surface area contributed by atoms with Crippen molar-refractivity contribution in [3.05, 3.63) is 34.4 Å². The topological polar surface area (TPSA) is 101 Å². The van der Waals surface area contributed by atoms with Crippen LogP contribution in [-0.4, -0.2) is 47.7 Å². The van der Waals surface area contributed by atoms with Crippen molar-refractivity contribution in [2.45, 2.75) is 32.5 Å². The third-order valence-corrected chi connectivity index (χ3v) is 4.17. The van der Waals surface area contributed by atoms with Crippen LogP contribution < -0.4 is 5.01 Å². The number of nitro groups is 1. The number of benzene rings is 1. The van der Waals surface area contributed by atoms with Crippen LogP contribution in [0.25, 0.3) is 0 Å². The third kappa shape index (κ3) is 2.94. The lowest BCUT2D eigenvalue weighted by molar-refractivity contribution is -0.384. The first kappa shape index (κ1) is 17.8. The number of anilines is 1. The molecule has 2 rings (SSSR count). The van der Waals surface area contributed by atoms with Gasteiger partial charge in [-0.2, -0.15) is 0 Å². The summed E-state index contributed by atoms with van der Waals surface area (Å²) in [6, 6.07) is 5.99. The van der Waals surface area contributed by atoms with Crippen LogP contribution in [0.1, 0.15) is 20.8 Å². The maximum Gasteiger partial charge on any atom is 0.339 e. The van der Waals surface area contributed by atoms with Gasteiger partial charge in [0.05, 0.1) is 17.7 Å². The van der Waals surface area contributed by atoms with E-state index < -0.39 is 22.6 Å². The Morgan fingerprint density at radius 1 is 1.38 bits per heavy atom. The Balaban J connectivity index is 2.43. The highest BCUT2D eigenvalue weighted by molar-refractivity contribution is 5.83. The molecule has 0 saturated heterocycles. The molecule has 1 aromatic carbocycles. The van der Waals surface area contributed by atoms with Crippen molar-refractivity contribution in [2.75, 3.05) is 25.2 Å². The van der Waals surface area contributed by atoms with Crippen molar-refractivity contribution in [1.29, 1.82) is 0 Å². The maximum absolute atomic E-state index is 12.3. The van der Waals surface area contributed by atoms with E-state index >= 15 is 0 Å². The molecule has 9 heteroatoms. The molecule has 0 radical (unpaired) electrons. The minimum atomic E-state index is -1.18. The average Bonchev–Trinajstić information content (AvgIpc) is 2.94. The highest BCUT2D eigenvalue weighted by Gasteiger charge is 2.53. The molecule has 2 atom stereocenters. The fourth-order valence-corrected chi connectivity index (χ4v) is 2.83. The minimum absolute atomic E-state index is 0.00926. The van der Waals surface area contributed by atoms with Gasteiger partial charge in [-0.3, -0.25) is 15.0 Å². The number of hydrogen-bond donors (Lipinski definition) is 0. The molecule has 0 saturated carbocycles. The molecule has 0 aliphatic carbocycles. The van der Waals surface area contributed by atoms with Crippen molar-refractivity contribution < 1.29 is 14.5 Å². The Hall–Kier alpha value is -2.55. The molecular weight excluding hydrogens is 314 g/mol. The van der Waals surface area contributed by atoms with Gasteiger partial charge in [0.2, 0.25) is 5.54 Å². The molecule has 0 bridgehead atoms. The van der Waals surface area contributed by atoms with Crippen molar-refractivity contribution in [3.63, 3.8) is 0 Å². The molecule has 0 amide bonds. The number of hydrogen-bond acceptors (Lipinski definition) is 8. The molecule has 1 aromatic rings. The Morgan fingerprint density at radius 3 is 2.42 bits per heavy atom. The summed E-state index contributed by atoms with van der Waals surface area (Å²) in [6.07, 6.45) is -0.471. The molecule has 0 aromatic heterocycles. The van der Waals surface area contributed by atoms with Gasteiger partial charge in [-0.25, -0.2) is 9.80 Å². The van der Waals surface area contributed by atoms with Gasteiger partial charge in [-0.1, -0.05) is 19.1 Å². The van der Waals surface area contributed by atoms with Gasteiger partial charge in [0.15, 0.2) is 0 Å². The Labute approximate surface area is 140 Å². The number of rotatable bonds is 6. The lowest BCUT2D eigenvalue weighted by atomic mass is 9.97. The Kier molecular flexibility index (Phi) is 5.13.